The van der Waals surface area contributed by atoms with Crippen LogP contribution in [-0.2, 0) is 0 Å². The van der Waals surface area contributed by atoms with Crippen LogP contribution in [0.4, 0.5) is 0 Å². The maximum atomic E-state index is 10.5. The second-order valence-electron chi connectivity index (χ2n) is 4.45. The number of carbonyl (C=O) groups excluding carboxylic acids is 1. The minimum atomic E-state index is 0.718. The van der Waals surface area contributed by atoms with Crippen LogP contribution in [0.5, 0.6) is 0 Å². The molecule has 3 heteroatoms. The summed E-state index contributed by atoms with van der Waals surface area (Å²) in [7, 11) is 4.30. The smallest absolute Gasteiger partial charge is 0.298 e. The van der Waals surface area contributed by atoms with Crippen molar-refractivity contribution < 1.29 is 14.3 Å². The van der Waals surface area contributed by atoms with E-state index in [0.717, 1.165) is 30.5 Å². The summed E-state index contributed by atoms with van der Waals surface area (Å²) in [6, 6.07) is 7.61. The first-order valence-electron chi connectivity index (χ1n) is 5.85. The second kappa shape index (κ2) is 5.06. The summed E-state index contributed by atoms with van der Waals surface area (Å²) >= 11 is 0. The molecule has 0 saturated heterocycles. The van der Waals surface area contributed by atoms with Crippen molar-refractivity contribution in [2.24, 2.45) is 0 Å². The maximum absolute atomic E-state index is 10.5. The molecule has 0 aliphatic carbocycles. The molecule has 1 aromatic carbocycles. The van der Waals surface area contributed by atoms with Crippen molar-refractivity contribution in [3.63, 3.8) is 0 Å². The van der Waals surface area contributed by atoms with Gasteiger partial charge < -0.3 is 0 Å². The monoisotopic (exact) mass is 230 g/mol. The van der Waals surface area contributed by atoms with Crippen LogP contribution in [0.1, 0.15) is 15.9 Å². The molecule has 0 bridgehead atoms. The third kappa shape index (κ3) is 2.68. The molecule has 0 radical (unpaired) electrons. The van der Waals surface area contributed by atoms with Crippen LogP contribution in [0.25, 0.3) is 6.08 Å². The Morgan fingerprint density at radius 1 is 1.18 bits per heavy atom. The van der Waals surface area contributed by atoms with Crippen molar-refractivity contribution in [2.75, 3.05) is 27.2 Å². The number of quaternary nitrogens is 1. The first-order chi connectivity index (χ1) is 8.20. The van der Waals surface area contributed by atoms with Gasteiger partial charge in [0.1, 0.15) is 19.9 Å². The molecule has 0 saturated carbocycles. The summed E-state index contributed by atoms with van der Waals surface area (Å²) in [5.41, 5.74) is 1.84. The number of hydrogen-bond donors (Lipinski definition) is 1. The van der Waals surface area contributed by atoms with Gasteiger partial charge in [0.05, 0.1) is 13.1 Å². The van der Waals surface area contributed by atoms with Gasteiger partial charge in [-0.05, 0) is 11.6 Å². The molecule has 0 aromatic heterocycles. The molecule has 2 rings (SSSR count). The molecule has 0 fully saturated rings. The lowest BCUT2D eigenvalue weighted by Crippen LogP contribution is -3.10. The first kappa shape index (κ1) is 11.7. The van der Waals surface area contributed by atoms with Crippen LogP contribution >= 0.6 is 0 Å². The molecule has 17 heavy (non-hydrogen) atoms. The van der Waals surface area contributed by atoms with Crippen molar-refractivity contribution in [3.8, 4) is 0 Å². The summed E-state index contributed by atoms with van der Waals surface area (Å²) < 4.78 is 2.27. The van der Waals surface area contributed by atoms with Crippen molar-refractivity contribution in [3.05, 3.63) is 41.5 Å². The Bertz CT molecular complexity index is 472. The largest absolute Gasteiger partial charge is 0.361 e. The maximum Gasteiger partial charge on any atom is 0.361 e. The van der Waals surface area contributed by atoms with Gasteiger partial charge in [-0.1, -0.05) is 24.3 Å². The number of amidine groups is 1. The zero-order chi connectivity index (χ0) is 12.3. The highest BCUT2D eigenvalue weighted by molar-refractivity contribution is 5.86. The summed E-state index contributed by atoms with van der Waals surface area (Å²) in [5.74, 6) is 1.31. The Hall–Kier alpha value is -1.74. The topological polar surface area (TPSA) is 24.5 Å². The lowest BCUT2D eigenvalue weighted by molar-refractivity contribution is -0.776. The molecule has 1 atom stereocenters. The van der Waals surface area contributed by atoms with E-state index in [4.69, 9.17) is 0 Å². The zero-order valence-electron chi connectivity index (χ0n) is 10.3. The molecule has 1 heterocycles. The third-order valence-electron chi connectivity index (χ3n) is 3.18. The van der Waals surface area contributed by atoms with Gasteiger partial charge in [-0.3, -0.25) is 4.79 Å². The third-order valence-corrected chi connectivity index (χ3v) is 3.18. The van der Waals surface area contributed by atoms with Crippen molar-refractivity contribution in [2.45, 2.75) is 0 Å². The van der Waals surface area contributed by atoms with E-state index in [1.54, 1.807) is 0 Å². The molecular formula is C14H18N2O+2. The minimum Gasteiger partial charge on any atom is -0.298 e. The van der Waals surface area contributed by atoms with E-state index in [1.165, 1.54) is 10.7 Å². The molecule has 1 aliphatic rings. The van der Waals surface area contributed by atoms with Gasteiger partial charge in [0, 0.05) is 5.56 Å². The number of hydrogen-bond acceptors (Lipinski definition) is 1. The Kier molecular flexibility index (Phi) is 3.49. The predicted octanol–water partition coefficient (Wildman–Crippen LogP) is 0.0814. The van der Waals surface area contributed by atoms with Gasteiger partial charge in [0.25, 0.3) is 0 Å². The van der Waals surface area contributed by atoms with Crippen LogP contribution in [0, 0.1) is 0 Å². The van der Waals surface area contributed by atoms with E-state index in [-0.39, 0.29) is 0 Å². The van der Waals surface area contributed by atoms with Gasteiger partial charge in [-0.15, -0.1) is 0 Å². The van der Waals surface area contributed by atoms with Crippen molar-refractivity contribution in [1.29, 1.82) is 0 Å². The molecular weight excluding hydrogens is 212 g/mol. The van der Waals surface area contributed by atoms with E-state index in [1.807, 2.05) is 24.3 Å². The lowest BCUT2D eigenvalue weighted by Gasteiger charge is -1.98. The summed E-state index contributed by atoms with van der Waals surface area (Å²) in [6.45, 7) is 2.26. The van der Waals surface area contributed by atoms with Crippen LogP contribution in [-0.4, -0.2) is 43.9 Å². The average molecular weight is 230 g/mol. The van der Waals surface area contributed by atoms with E-state index in [9.17, 15) is 4.79 Å². The summed E-state index contributed by atoms with van der Waals surface area (Å²) in [6.07, 6.45) is 5.11. The molecule has 1 aromatic rings. The highest BCUT2D eigenvalue weighted by Gasteiger charge is 2.26. The number of benzene rings is 1. The Morgan fingerprint density at radius 2 is 1.82 bits per heavy atom. The molecule has 1 N–H and O–H groups in total. The number of nitrogens with zero attached hydrogens (tertiary/aromatic N) is 1. The van der Waals surface area contributed by atoms with Crippen molar-refractivity contribution >= 4 is 18.2 Å². The van der Waals surface area contributed by atoms with Crippen LogP contribution in [0.2, 0.25) is 0 Å². The molecule has 0 amide bonds. The Labute approximate surface area is 102 Å². The highest BCUT2D eigenvalue weighted by Crippen LogP contribution is 2.04. The van der Waals surface area contributed by atoms with E-state index in [2.05, 4.69) is 30.8 Å². The first-order valence-corrected chi connectivity index (χ1v) is 5.85. The number of rotatable bonds is 3. The molecule has 0 spiro atoms. The number of likely N-dealkylation sites (N-methyl/N-ethyl adjacent to an activating group) is 2. The van der Waals surface area contributed by atoms with E-state index < -0.39 is 0 Å². The number of carbonyl (C=O) groups is 1. The van der Waals surface area contributed by atoms with E-state index in [0.29, 0.717) is 0 Å². The molecule has 3 nitrogen and oxygen atoms in total. The van der Waals surface area contributed by atoms with E-state index >= 15 is 0 Å². The van der Waals surface area contributed by atoms with Crippen LogP contribution in [0.15, 0.2) is 30.3 Å². The fourth-order valence-corrected chi connectivity index (χ4v) is 2.04. The normalized spacial score (nSPS) is 20.2. The molecule has 88 valence electrons. The zero-order valence-corrected chi connectivity index (χ0v) is 10.3. The quantitative estimate of drug-likeness (QED) is 0.577. The van der Waals surface area contributed by atoms with Gasteiger partial charge in [0.15, 0.2) is 6.54 Å². The number of nitrogens with one attached hydrogen (secondary N) is 1. The van der Waals surface area contributed by atoms with Gasteiger partial charge in [-0.25, -0.2) is 4.90 Å². The SMILES string of the molecule is C[N+]1=C(/C=C/c2ccc(C=O)cc2)[NH+](C)CC1. The van der Waals surface area contributed by atoms with Gasteiger partial charge in [-0.2, -0.15) is 4.58 Å². The highest BCUT2D eigenvalue weighted by atomic mass is 16.1. The van der Waals surface area contributed by atoms with Crippen LogP contribution in [0.3, 0.4) is 0 Å². The fraction of sp³-hybridized carbons (Fsp3) is 0.286. The molecule has 1 unspecified atom stereocenters. The predicted molar refractivity (Wildman–Crippen MR) is 68.7 cm³/mol. The summed E-state index contributed by atoms with van der Waals surface area (Å²) in [5, 5.41) is 0. The average Bonchev–Trinajstić information content (AvgIpc) is 2.67. The van der Waals surface area contributed by atoms with Gasteiger partial charge in [0.2, 0.25) is 0 Å². The lowest BCUT2D eigenvalue weighted by atomic mass is 10.1. The second-order valence-corrected chi connectivity index (χ2v) is 4.45. The van der Waals surface area contributed by atoms with Gasteiger partial charge >= 0.3 is 5.84 Å². The Balaban J connectivity index is 2.14. The van der Waals surface area contributed by atoms with Crippen molar-refractivity contribution in [1.82, 2.24) is 0 Å². The number of aldehydes is 1. The Morgan fingerprint density at radius 3 is 2.35 bits per heavy atom. The minimum absolute atomic E-state index is 0.718. The standard InChI is InChI=1S/C14H17N2O/c1-15-9-10-16(2)14(15)8-7-12-3-5-13(11-17)6-4-12/h3-8,11H,9-10H2,1-2H3/q+1/p+1/b8-7+. The fourth-order valence-electron chi connectivity index (χ4n) is 2.04. The molecule has 1 aliphatic heterocycles. The summed E-state index contributed by atoms with van der Waals surface area (Å²) in [4.78, 5) is 12.0. The van der Waals surface area contributed by atoms with Crippen LogP contribution < -0.4 is 4.90 Å².